The van der Waals surface area contributed by atoms with Crippen molar-refractivity contribution in [3.8, 4) is 0 Å². The van der Waals surface area contributed by atoms with Crippen molar-refractivity contribution in [3.63, 3.8) is 0 Å². The van der Waals surface area contributed by atoms with Gasteiger partial charge in [0.2, 0.25) is 5.91 Å². The van der Waals surface area contributed by atoms with Crippen LogP contribution in [-0.2, 0) is 14.3 Å². The van der Waals surface area contributed by atoms with Gasteiger partial charge in [-0.15, -0.1) is 0 Å². The predicted molar refractivity (Wildman–Crippen MR) is 66.8 cm³/mol. The number of aliphatic imine (C=N–C) groups is 1. The number of esters is 1. The molecule has 0 aromatic heterocycles. The lowest BCUT2D eigenvalue weighted by atomic mass is 10.1. The number of amides is 1. The van der Waals surface area contributed by atoms with Gasteiger partial charge in [0.05, 0.1) is 7.11 Å². The highest BCUT2D eigenvalue weighted by Gasteiger charge is 2.19. The average Bonchev–Trinajstić information content (AvgIpc) is 2.20. The zero-order valence-corrected chi connectivity index (χ0v) is 10.5. The Balaban J connectivity index is -0.00000112. The van der Waals surface area contributed by atoms with Crippen molar-refractivity contribution in [2.45, 2.75) is 25.8 Å². The molecule has 18 heavy (non-hydrogen) atoms. The van der Waals surface area contributed by atoms with E-state index in [1.165, 1.54) is 14.0 Å². The number of ether oxygens (including phenoxy) is 1. The highest BCUT2D eigenvalue weighted by Crippen LogP contribution is 2.00. The number of methoxy groups -OCH3 is 1. The van der Waals surface area contributed by atoms with Gasteiger partial charge in [0.1, 0.15) is 6.04 Å². The Morgan fingerprint density at radius 1 is 1.33 bits per heavy atom. The molecule has 0 heterocycles. The Labute approximate surface area is 105 Å². The van der Waals surface area contributed by atoms with Crippen LogP contribution < -0.4 is 16.8 Å². The first-order valence-electron chi connectivity index (χ1n) is 4.87. The molecule has 0 radical (unpaired) electrons. The molecule has 108 valence electrons. The van der Waals surface area contributed by atoms with Gasteiger partial charge in [-0.25, -0.2) is 4.79 Å². The summed E-state index contributed by atoms with van der Waals surface area (Å²) >= 11 is 0. The quantitative estimate of drug-likeness (QED) is 0.201. The largest absolute Gasteiger partial charge is 0.467 e. The molecule has 0 bridgehead atoms. The maximum absolute atomic E-state index is 11.3. The number of carbonyl (C=O) groups is 2. The molecule has 9 N–H and O–H groups in total. The van der Waals surface area contributed by atoms with Gasteiger partial charge in [-0.3, -0.25) is 9.79 Å². The standard InChI is InChI=1S/C9H18N4O3.2H2O/c1-6(14)13-7(8(15)16-2)4-3-5-12-9(10)11;;/h7H,3-5H2,1-2H3,(H,13,14)(H4,10,11,12);2*1H2. The summed E-state index contributed by atoms with van der Waals surface area (Å²) in [6.07, 6.45) is 1.01. The third kappa shape index (κ3) is 10.6. The van der Waals surface area contributed by atoms with Crippen molar-refractivity contribution >= 4 is 17.8 Å². The van der Waals surface area contributed by atoms with Gasteiger partial charge < -0.3 is 32.5 Å². The second-order valence-corrected chi connectivity index (χ2v) is 3.23. The number of guanidine groups is 1. The lowest BCUT2D eigenvalue weighted by molar-refractivity contribution is -0.145. The molecular weight excluding hydrogens is 244 g/mol. The molecule has 0 aromatic carbocycles. The van der Waals surface area contributed by atoms with E-state index < -0.39 is 12.0 Å². The van der Waals surface area contributed by atoms with E-state index in [9.17, 15) is 9.59 Å². The Hall–Kier alpha value is -1.87. The van der Waals surface area contributed by atoms with E-state index in [1.807, 2.05) is 0 Å². The first-order chi connectivity index (χ1) is 7.47. The highest BCUT2D eigenvalue weighted by atomic mass is 16.5. The zero-order chi connectivity index (χ0) is 12.6. The van der Waals surface area contributed by atoms with Gasteiger partial charge in [-0.1, -0.05) is 0 Å². The monoisotopic (exact) mass is 266 g/mol. The SMILES string of the molecule is COC(=O)C(CCCN=C(N)N)NC(C)=O.O.O. The van der Waals surface area contributed by atoms with Crippen LogP contribution in [0.25, 0.3) is 0 Å². The zero-order valence-electron chi connectivity index (χ0n) is 10.5. The molecule has 0 saturated carbocycles. The Morgan fingerprint density at radius 2 is 1.89 bits per heavy atom. The van der Waals surface area contributed by atoms with E-state index >= 15 is 0 Å². The Bertz CT molecular complexity index is 278. The van der Waals surface area contributed by atoms with Crippen LogP contribution in [0.3, 0.4) is 0 Å². The number of rotatable bonds is 6. The summed E-state index contributed by atoms with van der Waals surface area (Å²) in [5, 5.41) is 2.49. The van der Waals surface area contributed by atoms with E-state index in [-0.39, 0.29) is 22.8 Å². The Kier molecular flexibility index (Phi) is 13.8. The van der Waals surface area contributed by atoms with Gasteiger partial charge in [-0.2, -0.15) is 0 Å². The van der Waals surface area contributed by atoms with Crippen molar-refractivity contribution in [3.05, 3.63) is 0 Å². The van der Waals surface area contributed by atoms with Gasteiger partial charge in [-0.05, 0) is 12.8 Å². The lowest BCUT2D eigenvalue weighted by Crippen LogP contribution is -2.40. The van der Waals surface area contributed by atoms with Crippen LogP contribution in [0, 0.1) is 0 Å². The summed E-state index contributed by atoms with van der Waals surface area (Å²) < 4.78 is 4.55. The van der Waals surface area contributed by atoms with Gasteiger partial charge in [0.15, 0.2) is 5.96 Å². The molecule has 0 rings (SSSR count). The van der Waals surface area contributed by atoms with E-state index in [2.05, 4.69) is 15.0 Å². The fraction of sp³-hybridized carbons (Fsp3) is 0.667. The van der Waals surface area contributed by atoms with E-state index in [0.29, 0.717) is 19.4 Å². The summed E-state index contributed by atoms with van der Waals surface area (Å²) in [4.78, 5) is 25.9. The topological polar surface area (TPSA) is 183 Å². The number of nitrogens with two attached hydrogens (primary N) is 2. The second kappa shape index (κ2) is 11.6. The van der Waals surface area contributed by atoms with Crippen LogP contribution in [-0.4, -0.2) is 48.5 Å². The number of nitrogens with zero attached hydrogens (tertiary/aromatic N) is 1. The van der Waals surface area contributed by atoms with Crippen molar-refractivity contribution in [1.82, 2.24) is 5.32 Å². The summed E-state index contributed by atoms with van der Waals surface area (Å²) in [6.45, 7) is 1.75. The number of carbonyl (C=O) groups excluding carboxylic acids is 2. The minimum Gasteiger partial charge on any atom is -0.467 e. The van der Waals surface area contributed by atoms with Gasteiger partial charge >= 0.3 is 5.97 Å². The molecule has 1 atom stereocenters. The molecule has 0 aliphatic rings. The van der Waals surface area contributed by atoms with E-state index in [4.69, 9.17) is 11.5 Å². The lowest BCUT2D eigenvalue weighted by Gasteiger charge is -2.14. The van der Waals surface area contributed by atoms with Crippen LogP contribution in [0.4, 0.5) is 0 Å². The molecule has 1 amide bonds. The average molecular weight is 266 g/mol. The summed E-state index contributed by atoms with van der Waals surface area (Å²) in [6, 6.07) is -0.642. The molecular formula is C9H22N4O5. The summed E-state index contributed by atoms with van der Waals surface area (Å²) in [5.74, 6) is -0.744. The maximum Gasteiger partial charge on any atom is 0.328 e. The van der Waals surface area contributed by atoms with Crippen LogP contribution in [0.15, 0.2) is 4.99 Å². The van der Waals surface area contributed by atoms with Crippen molar-refractivity contribution < 1.29 is 25.3 Å². The van der Waals surface area contributed by atoms with E-state index in [0.717, 1.165) is 0 Å². The molecule has 0 spiro atoms. The van der Waals surface area contributed by atoms with Crippen LogP contribution in [0.1, 0.15) is 19.8 Å². The second-order valence-electron chi connectivity index (χ2n) is 3.23. The number of hydrogen-bond acceptors (Lipinski definition) is 4. The first-order valence-corrected chi connectivity index (χ1v) is 4.87. The third-order valence-corrected chi connectivity index (χ3v) is 1.81. The molecule has 0 aliphatic heterocycles. The van der Waals surface area contributed by atoms with Gasteiger partial charge in [0.25, 0.3) is 0 Å². The molecule has 9 nitrogen and oxygen atoms in total. The number of nitrogens with one attached hydrogen (secondary N) is 1. The molecule has 1 unspecified atom stereocenters. The van der Waals surface area contributed by atoms with Crippen LogP contribution in [0.2, 0.25) is 0 Å². The molecule has 0 aromatic rings. The van der Waals surface area contributed by atoms with Crippen molar-refractivity contribution in [2.24, 2.45) is 16.5 Å². The minimum absolute atomic E-state index is 0. The van der Waals surface area contributed by atoms with Crippen LogP contribution >= 0.6 is 0 Å². The molecule has 0 fully saturated rings. The molecule has 0 saturated heterocycles. The highest BCUT2D eigenvalue weighted by molar-refractivity contribution is 5.83. The minimum atomic E-state index is -0.642. The first kappa shape index (κ1) is 21.4. The van der Waals surface area contributed by atoms with Gasteiger partial charge in [0, 0.05) is 13.5 Å². The summed E-state index contributed by atoms with van der Waals surface area (Å²) in [7, 11) is 1.27. The fourth-order valence-corrected chi connectivity index (χ4v) is 1.14. The molecule has 9 heteroatoms. The molecule has 0 aliphatic carbocycles. The maximum atomic E-state index is 11.3. The van der Waals surface area contributed by atoms with Crippen molar-refractivity contribution in [1.29, 1.82) is 0 Å². The number of hydrogen-bond donors (Lipinski definition) is 3. The smallest absolute Gasteiger partial charge is 0.328 e. The fourth-order valence-electron chi connectivity index (χ4n) is 1.14. The summed E-state index contributed by atoms with van der Waals surface area (Å²) in [5.41, 5.74) is 10.3. The Morgan fingerprint density at radius 3 is 2.28 bits per heavy atom. The third-order valence-electron chi connectivity index (χ3n) is 1.81. The van der Waals surface area contributed by atoms with E-state index in [1.54, 1.807) is 0 Å². The van der Waals surface area contributed by atoms with Crippen molar-refractivity contribution in [2.75, 3.05) is 13.7 Å². The van der Waals surface area contributed by atoms with Crippen LogP contribution in [0.5, 0.6) is 0 Å². The predicted octanol–water partition coefficient (Wildman–Crippen LogP) is -2.93. The normalized spacial score (nSPS) is 10.1.